The van der Waals surface area contributed by atoms with Crippen LogP contribution in [0.3, 0.4) is 0 Å². The van der Waals surface area contributed by atoms with Crippen LogP contribution in [0.25, 0.3) is 16.8 Å². The highest BCUT2D eigenvalue weighted by molar-refractivity contribution is 9.11. The number of halogens is 3. The first-order chi connectivity index (χ1) is 17.4. The van der Waals surface area contributed by atoms with Gasteiger partial charge in [0.05, 0.1) is 20.4 Å². The first kappa shape index (κ1) is 25.3. The molecule has 0 aliphatic carbocycles. The second-order valence-electron chi connectivity index (χ2n) is 8.13. The maximum Gasteiger partial charge on any atom is 0.293 e. The molecule has 0 saturated carbocycles. The van der Waals surface area contributed by atoms with Crippen molar-refractivity contribution in [2.75, 3.05) is 0 Å². The highest BCUT2D eigenvalue weighted by Crippen LogP contribution is 2.38. The van der Waals surface area contributed by atoms with E-state index in [4.69, 9.17) is 4.74 Å². The summed E-state index contributed by atoms with van der Waals surface area (Å²) in [5, 5.41) is 1.84. The molecule has 36 heavy (non-hydrogen) atoms. The van der Waals surface area contributed by atoms with E-state index in [-0.39, 0.29) is 17.7 Å². The van der Waals surface area contributed by atoms with Crippen molar-refractivity contribution < 1.29 is 14.3 Å². The van der Waals surface area contributed by atoms with E-state index in [1.807, 2.05) is 78.9 Å². The number of nitrogens with zero attached hydrogens (tertiary/aromatic N) is 1. The van der Waals surface area contributed by atoms with Crippen LogP contribution >= 0.6 is 59.6 Å². The van der Waals surface area contributed by atoms with Crippen molar-refractivity contribution in [1.82, 2.24) is 4.90 Å². The molecule has 180 valence electrons. The molecule has 0 atom stereocenters. The van der Waals surface area contributed by atoms with E-state index >= 15 is 0 Å². The van der Waals surface area contributed by atoms with Gasteiger partial charge in [-0.05, 0) is 101 Å². The Hall–Kier alpha value is -2.39. The summed E-state index contributed by atoms with van der Waals surface area (Å²) in [6, 6.07) is 25.6. The molecule has 0 unspecified atom stereocenters. The fraction of sp³-hybridized carbons (Fsp3) is 0.0714. The molecule has 8 heteroatoms. The third-order valence-electron chi connectivity index (χ3n) is 5.70. The Morgan fingerprint density at radius 1 is 0.861 bits per heavy atom. The van der Waals surface area contributed by atoms with Gasteiger partial charge in [-0.25, -0.2) is 0 Å². The van der Waals surface area contributed by atoms with Crippen molar-refractivity contribution >= 4 is 87.5 Å². The fourth-order valence-electron chi connectivity index (χ4n) is 3.93. The number of hydrogen-bond donors (Lipinski definition) is 0. The average Bonchev–Trinajstić information content (AvgIpc) is 3.12. The van der Waals surface area contributed by atoms with Gasteiger partial charge in [-0.2, -0.15) is 0 Å². The van der Waals surface area contributed by atoms with Crippen LogP contribution in [0.1, 0.15) is 16.7 Å². The van der Waals surface area contributed by atoms with E-state index < -0.39 is 0 Å². The van der Waals surface area contributed by atoms with E-state index in [1.165, 1.54) is 4.90 Å². The lowest BCUT2D eigenvalue weighted by molar-refractivity contribution is -0.123. The first-order valence-corrected chi connectivity index (χ1v) is 14.2. The molecule has 1 aliphatic heterocycles. The minimum Gasteiger partial charge on any atom is -0.487 e. The molecular formula is C28H18Br3NO3S. The fourth-order valence-corrected chi connectivity index (χ4v) is 6.48. The van der Waals surface area contributed by atoms with Crippen LogP contribution in [-0.4, -0.2) is 16.0 Å². The summed E-state index contributed by atoms with van der Waals surface area (Å²) < 4.78 is 8.52. The van der Waals surface area contributed by atoms with Gasteiger partial charge >= 0.3 is 0 Å². The van der Waals surface area contributed by atoms with Crippen LogP contribution in [0.15, 0.2) is 97.2 Å². The molecule has 0 aromatic heterocycles. The Morgan fingerprint density at radius 3 is 2.31 bits per heavy atom. The number of rotatable bonds is 6. The second-order valence-corrected chi connectivity index (χ2v) is 11.8. The smallest absolute Gasteiger partial charge is 0.293 e. The Balaban J connectivity index is 1.34. The average molecular weight is 688 g/mol. The van der Waals surface area contributed by atoms with Gasteiger partial charge < -0.3 is 4.74 Å². The van der Waals surface area contributed by atoms with E-state index in [2.05, 4.69) is 47.8 Å². The summed E-state index contributed by atoms with van der Waals surface area (Å²) in [6.07, 6.45) is 1.74. The highest BCUT2D eigenvalue weighted by Gasteiger charge is 2.35. The quantitative estimate of drug-likeness (QED) is 0.190. The van der Waals surface area contributed by atoms with E-state index in [1.54, 1.807) is 6.08 Å². The highest BCUT2D eigenvalue weighted by atomic mass is 79.9. The molecule has 4 aromatic carbocycles. The Kier molecular flexibility index (Phi) is 7.67. The van der Waals surface area contributed by atoms with Gasteiger partial charge in [0.2, 0.25) is 0 Å². The number of imide groups is 1. The Labute approximate surface area is 238 Å². The minimum absolute atomic E-state index is 0.236. The zero-order valence-corrected chi connectivity index (χ0v) is 24.3. The summed E-state index contributed by atoms with van der Waals surface area (Å²) in [5.41, 5.74) is 2.76. The SMILES string of the molecule is O=C1S/C(=C/c2cc(Br)c(OCc3ccc(Br)cc3)c(Br)c2)C(=O)N1Cc1cccc2ccccc12. The Bertz CT molecular complexity index is 1490. The lowest BCUT2D eigenvalue weighted by atomic mass is 10.0. The molecule has 1 saturated heterocycles. The number of carbonyl (C=O) groups excluding carboxylic acids is 2. The van der Waals surface area contributed by atoms with Crippen LogP contribution in [-0.2, 0) is 17.9 Å². The van der Waals surface area contributed by atoms with Crippen molar-refractivity contribution in [2.45, 2.75) is 13.2 Å². The maximum absolute atomic E-state index is 13.1. The van der Waals surface area contributed by atoms with Gasteiger partial charge in [0, 0.05) is 4.47 Å². The molecule has 0 N–H and O–H groups in total. The maximum atomic E-state index is 13.1. The zero-order chi connectivity index (χ0) is 25.2. The molecule has 1 fully saturated rings. The van der Waals surface area contributed by atoms with Crippen LogP contribution in [0.4, 0.5) is 4.79 Å². The molecule has 2 amide bonds. The van der Waals surface area contributed by atoms with Crippen LogP contribution in [0.2, 0.25) is 0 Å². The number of amides is 2. The lowest BCUT2D eigenvalue weighted by Crippen LogP contribution is -2.27. The molecule has 1 aliphatic rings. The zero-order valence-electron chi connectivity index (χ0n) is 18.7. The topological polar surface area (TPSA) is 46.6 Å². The van der Waals surface area contributed by atoms with E-state index in [0.717, 1.165) is 52.6 Å². The summed E-state index contributed by atoms with van der Waals surface area (Å²) in [4.78, 5) is 27.6. The molecule has 0 bridgehead atoms. The van der Waals surface area contributed by atoms with Crippen molar-refractivity contribution in [2.24, 2.45) is 0 Å². The van der Waals surface area contributed by atoms with Crippen molar-refractivity contribution in [1.29, 1.82) is 0 Å². The summed E-state index contributed by atoms with van der Waals surface area (Å²) in [5.74, 6) is 0.375. The van der Waals surface area contributed by atoms with Crippen LogP contribution in [0, 0.1) is 0 Å². The van der Waals surface area contributed by atoms with Crippen LogP contribution in [0.5, 0.6) is 5.75 Å². The van der Waals surface area contributed by atoms with Gasteiger partial charge in [-0.3, -0.25) is 14.5 Å². The van der Waals surface area contributed by atoms with E-state index in [9.17, 15) is 9.59 Å². The number of thioether (sulfide) groups is 1. The van der Waals surface area contributed by atoms with Crippen LogP contribution < -0.4 is 4.74 Å². The molecule has 4 nitrogen and oxygen atoms in total. The monoisotopic (exact) mass is 685 g/mol. The predicted octanol–water partition coefficient (Wildman–Crippen LogP) is 8.94. The minimum atomic E-state index is -0.291. The molecular weight excluding hydrogens is 670 g/mol. The molecule has 0 radical (unpaired) electrons. The third-order valence-corrected chi connectivity index (χ3v) is 8.31. The molecule has 5 rings (SSSR count). The number of benzene rings is 4. The van der Waals surface area contributed by atoms with E-state index in [0.29, 0.717) is 17.3 Å². The molecule has 0 spiro atoms. The standard InChI is InChI=1S/C28H18Br3NO3S/c29-21-10-8-17(9-11-21)16-35-26-23(30)12-18(13-24(26)31)14-25-27(33)32(28(34)36-25)15-20-6-3-5-19-4-1-2-7-22(19)20/h1-14H,15-16H2/b25-14+. The predicted molar refractivity (Wildman–Crippen MR) is 156 cm³/mol. The normalized spacial score (nSPS) is 14.8. The number of hydrogen-bond acceptors (Lipinski definition) is 4. The first-order valence-electron chi connectivity index (χ1n) is 11.0. The number of carbonyl (C=O) groups is 2. The van der Waals surface area contributed by atoms with Crippen molar-refractivity contribution in [3.63, 3.8) is 0 Å². The van der Waals surface area contributed by atoms with Crippen molar-refractivity contribution in [3.05, 3.63) is 114 Å². The third kappa shape index (κ3) is 5.47. The lowest BCUT2D eigenvalue weighted by Gasteiger charge is -2.14. The van der Waals surface area contributed by atoms with Gasteiger partial charge in [-0.15, -0.1) is 0 Å². The summed E-state index contributed by atoms with van der Waals surface area (Å²) in [7, 11) is 0. The Morgan fingerprint density at radius 2 is 1.56 bits per heavy atom. The van der Waals surface area contributed by atoms with Gasteiger partial charge in [0.1, 0.15) is 12.4 Å². The molecule has 4 aromatic rings. The molecule has 1 heterocycles. The largest absolute Gasteiger partial charge is 0.487 e. The second kappa shape index (κ2) is 10.9. The van der Waals surface area contributed by atoms with Gasteiger partial charge in [0.25, 0.3) is 11.1 Å². The van der Waals surface area contributed by atoms with Crippen molar-refractivity contribution in [3.8, 4) is 5.75 Å². The number of ether oxygens (including phenoxy) is 1. The van der Waals surface area contributed by atoms with Gasteiger partial charge in [0.15, 0.2) is 0 Å². The summed E-state index contributed by atoms with van der Waals surface area (Å²) >= 11 is 11.5. The number of fused-ring (bicyclic) bond motifs is 1. The van der Waals surface area contributed by atoms with Gasteiger partial charge in [-0.1, -0.05) is 70.5 Å². The summed E-state index contributed by atoms with van der Waals surface area (Å²) in [6.45, 7) is 0.649.